The van der Waals surface area contributed by atoms with Crippen molar-refractivity contribution in [2.75, 3.05) is 39.1 Å². The van der Waals surface area contributed by atoms with Gasteiger partial charge in [-0.2, -0.15) is 11.8 Å². The van der Waals surface area contributed by atoms with Crippen LogP contribution in [0.4, 0.5) is 0 Å². The number of hydrogen-bond donors (Lipinski definition) is 1. The van der Waals surface area contributed by atoms with Gasteiger partial charge in [-0.15, -0.1) is 0 Å². The summed E-state index contributed by atoms with van der Waals surface area (Å²) in [7, 11) is 0. The maximum atomic E-state index is 12.8. The van der Waals surface area contributed by atoms with Gasteiger partial charge < -0.3 is 10.1 Å². The van der Waals surface area contributed by atoms with Gasteiger partial charge in [-0.1, -0.05) is 42.5 Å². The van der Waals surface area contributed by atoms with Crippen molar-refractivity contribution in [2.24, 2.45) is 0 Å². The second-order valence-electron chi connectivity index (χ2n) is 6.48. The van der Waals surface area contributed by atoms with E-state index in [0.29, 0.717) is 5.56 Å². The van der Waals surface area contributed by atoms with E-state index in [1.807, 2.05) is 42.5 Å². The third-order valence-electron chi connectivity index (χ3n) is 4.58. The normalized spacial score (nSPS) is 16.2. The Bertz CT molecular complexity index is 685. The second-order valence-corrected chi connectivity index (χ2v) is 7.35. The maximum Gasteiger partial charge on any atom is 0.251 e. The minimum absolute atomic E-state index is 0.0252. The number of nitrogens with zero attached hydrogens (tertiary/aromatic N) is 1. The van der Waals surface area contributed by atoms with Crippen LogP contribution in [0.15, 0.2) is 54.6 Å². The van der Waals surface area contributed by atoms with Crippen LogP contribution in [0.2, 0.25) is 0 Å². The van der Waals surface area contributed by atoms with E-state index in [2.05, 4.69) is 28.6 Å². The number of morpholine rings is 1. The molecule has 0 bridgehead atoms. The number of carbonyl (C=O) groups is 1. The lowest BCUT2D eigenvalue weighted by Crippen LogP contribution is -2.43. The molecule has 1 aliphatic heterocycles. The Balaban J connectivity index is 1.70. The van der Waals surface area contributed by atoms with E-state index in [4.69, 9.17) is 4.74 Å². The molecule has 1 heterocycles. The van der Waals surface area contributed by atoms with Crippen molar-refractivity contribution in [1.29, 1.82) is 0 Å². The van der Waals surface area contributed by atoms with Crippen LogP contribution in [0, 0.1) is 0 Å². The zero-order valence-corrected chi connectivity index (χ0v) is 16.0. The van der Waals surface area contributed by atoms with Crippen molar-refractivity contribution >= 4 is 17.7 Å². The van der Waals surface area contributed by atoms with Gasteiger partial charge >= 0.3 is 0 Å². The van der Waals surface area contributed by atoms with Crippen LogP contribution in [0.3, 0.4) is 0 Å². The van der Waals surface area contributed by atoms with Crippen molar-refractivity contribution in [2.45, 2.75) is 11.8 Å². The predicted octanol–water partition coefficient (Wildman–Crippen LogP) is 3.35. The lowest BCUT2D eigenvalue weighted by atomic mass is 10.0. The summed E-state index contributed by atoms with van der Waals surface area (Å²) in [6, 6.07) is 18.1. The Hall–Kier alpha value is -1.82. The summed E-state index contributed by atoms with van der Waals surface area (Å²) in [5.41, 5.74) is 3.08. The van der Waals surface area contributed by atoms with E-state index in [1.165, 1.54) is 5.56 Å². The highest BCUT2D eigenvalue weighted by atomic mass is 32.2. The number of amides is 1. The van der Waals surface area contributed by atoms with Crippen molar-refractivity contribution in [3.05, 3.63) is 71.3 Å². The van der Waals surface area contributed by atoms with Gasteiger partial charge in [0.25, 0.3) is 5.91 Å². The summed E-state index contributed by atoms with van der Waals surface area (Å²) < 4.78 is 5.44. The van der Waals surface area contributed by atoms with Crippen LogP contribution >= 0.6 is 11.8 Å². The Labute approximate surface area is 159 Å². The summed E-state index contributed by atoms with van der Waals surface area (Å²) in [6.45, 7) is 4.12. The van der Waals surface area contributed by atoms with Gasteiger partial charge in [0, 0.05) is 31.0 Å². The molecule has 1 N–H and O–H groups in total. The smallest absolute Gasteiger partial charge is 0.251 e. The number of rotatable bonds is 7. The SMILES string of the molecule is CSCc1ccc(C(=O)NC(CN2CCOCC2)c2ccccc2)cc1. The molecule has 26 heavy (non-hydrogen) atoms. The molecule has 1 fully saturated rings. The monoisotopic (exact) mass is 370 g/mol. The van der Waals surface area contributed by atoms with E-state index < -0.39 is 0 Å². The van der Waals surface area contributed by atoms with Crippen LogP contribution in [-0.2, 0) is 10.5 Å². The zero-order valence-electron chi connectivity index (χ0n) is 15.2. The molecule has 3 rings (SSSR count). The van der Waals surface area contributed by atoms with Crippen molar-refractivity contribution in [3.8, 4) is 0 Å². The molecule has 1 saturated heterocycles. The van der Waals surface area contributed by atoms with Gasteiger partial charge in [-0.3, -0.25) is 9.69 Å². The van der Waals surface area contributed by atoms with E-state index in [0.717, 1.165) is 44.2 Å². The lowest BCUT2D eigenvalue weighted by molar-refractivity contribution is 0.0332. The minimum atomic E-state index is -0.0346. The molecule has 0 saturated carbocycles. The largest absolute Gasteiger partial charge is 0.379 e. The summed E-state index contributed by atoms with van der Waals surface area (Å²) in [5.74, 6) is 0.939. The number of carbonyl (C=O) groups excluding carboxylic acids is 1. The lowest BCUT2D eigenvalue weighted by Gasteiger charge is -2.31. The molecule has 0 aromatic heterocycles. The molecule has 1 amide bonds. The average molecular weight is 371 g/mol. The van der Waals surface area contributed by atoms with Crippen LogP contribution in [-0.4, -0.2) is 49.9 Å². The Morgan fingerprint density at radius 3 is 2.46 bits per heavy atom. The second kappa shape index (κ2) is 9.76. The molecule has 4 nitrogen and oxygen atoms in total. The average Bonchev–Trinajstić information content (AvgIpc) is 2.70. The maximum absolute atomic E-state index is 12.8. The number of ether oxygens (including phenoxy) is 1. The summed E-state index contributed by atoms with van der Waals surface area (Å²) in [6.07, 6.45) is 2.08. The first-order valence-corrected chi connectivity index (χ1v) is 10.4. The molecule has 2 aromatic carbocycles. The fourth-order valence-electron chi connectivity index (χ4n) is 3.12. The van der Waals surface area contributed by atoms with Crippen LogP contribution in [0.25, 0.3) is 0 Å². The van der Waals surface area contributed by atoms with Crippen LogP contribution in [0.1, 0.15) is 27.5 Å². The molecule has 0 radical (unpaired) electrons. The predicted molar refractivity (Wildman–Crippen MR) is 108 cm³/mol. The Morgan fingerprint density at radius 2 is 1.81 bits per heavy atom. The molecular formula is C21H26N2O2S. The molecule has 0 spiro atoms. The minimum Gasteiger partial charge on any atom is -0.379 e. The van der Waals surface area contributed by atoms with Gasteiger partial charge in [0.15, 0.2) is 0 Å². The van der Waals surface area contributed by atoms with E-state index >= 15 is 0 Å². The van der Waals surface area contributed by atoms with E-state index in [-0.39, 0.29) is 11.9 Å². The highest BCUT2D eigenvalue weighted by molar-refractivity contribution is 7.97. The van der Waals surface area contributed by atoms with Gasteiger partial charge in [-0.25, -0.2) is 0 Å². The van der Waals surface area contributed by atoms with Gasteiger partial charge in [0.05, 0.1) is 19.3 Å². The van der Waals surface area contributed by atoms with E-state index in [9.17, 15) is 4.79 Å². The van der Waals surface area contributed by atoms with E-state index in [1.54, 1.807) is 11.8 Å². The fourth-order valence-corrected chi connectivity index (χ4v) is 3.65. The topological polar surface area (TPSA) is 41.6 Å². The van der Waals surface area contributed by atoms with Gasteiger partial charge in [0.2, 0.25) is 0 Å². The summed E-state index contributed by atoms with van der Waals surface area (Å²) in [4.78, 5) is 15.1. The molecule has 2 aromatic rings. The van der Waals surface area contributed by atoms with Crippen LogP contribution < -0.4 is 5.32 Å². The van der Waals surface area contributed by atoms with Crippen molar-refractivity contribution in [1.82, 2.24) is 10.2 Å². The number of hydrogen-bond acceptors (Lipinski definition) is 4. The molecule has 1 aliphatic rings. The zero-order chi connectivity index (χ0) is 18.2. The number of nitrogens with one attached hydrogen (secondary N) is 1. The highest BCUT2D eigenvalue weighted by Gasteiger charge is 2.20. The molecular weight excluding hydrogens is 344 g/mol. The van der Waals surface area contributed by atoms with Gasteiger partial charge in [-0.05, 0) is 29.5 Å². The molecule has 5 heteroatoms. The Morgan fingerprint density at radius 1 is 1.12 bits per heavy atom. The van der Waals surface area contributed by atoms with Crippen molar-refractivity contribution in [3.63, 3.8) is 0 Å². The first-order valence-electron chi connectivity index (χ1n) is 9.00. The van der Waals surface area contributed by atoms with Crippen molar-refractivity contribution < 1.29 is 9.53 Å². The standard InChI is InChI=1S/C21H26N2O2S/c1-26-16-17-7-9-19(10-8-17)21(24)22-20(18-5-3-2-4-6-18)15-23-11-13-25-14-12-23/h2-10,20H,11-16H2,1H3,(H,22,24). The molecule has 1 atom stereocenters. The quantitative estimate of drug-likeness (QED) is 0.812. The highest BCUT2D eigenvalue weighted by Crippen LogP contribution is 2.17. The summed E-state index contributed by atoms with van der Waals surface area (Å²) >= 11 is 1.78. The molecule has 138 valence electrons. The molecule has 0 aliphatic carbocycles. The number of benzene rings is 2. The molecule has 1 unspecified atom stereocenters. The summed E-state index contributed by atoms with van der Waals surface area (Å²) in [5, 5.41) is 3.22. The van der Waals surface area contributed by atoms with Gasteiger partial charge in [0.1, 0.15) is 0 Å². The third kappa shape index (κ3) is 5.34. The van der Waals surface area contributed by atoms with Crippen LogP contribution in [0.5, 0.6) is 0 Å². The first-order chi connectivity index (χ1) is 12.8. The first kappa shape index (κ1) is 19.0. The Kier molecular flexibility index (Phi) is 7.12. The third-order valence-corrected chi connectivity index (χ3v) is 5.20. The fraction of sp³-hybridized carbons (Fsp3) is 0.381. The number of thioether (sulfide) groups is 1.